The van der Waals surface area contributed by atoms with Crippen molar-refractivity contribution < 1.29 is 13.6 Å². The molecule has 4 rings (SSSR count). The Kier molecular flexibility index (Phi) is 7.10. The van der Waals surface area contributed by atoms with Crippen molar-refractivity contribution in [1.29, 1.82) is 0 Å². The fourth-order valence-electron chi connectivity index (χ4n) is 4.27. The van der Waals surface area contributed by atoms with Gasteiger partial charge in [-0.05, 0) is 48.7 Å². The van der Waals surface area contributed by atoms with Crippen molar-refractivity contribution in [2.75, 3.05) is 5.32 Å². The van der Waals surface area contributed by atoms with Crippen LogP contribution in [0.1, 0.15) is 43.4 Å². The monoisotopic (exact) mass is 457 g/mol. The summed E-state index contributed by atoms with van der Waals surface area (Å²) in [5.74, 6) is -1.47. The Morgan fingerprint density at radius 1 is 1.06 bits per heavy atom. The Morgan fingerprint density at radius 2 is 1.84 bits per heavy atom. The van der Waals surface area contributed by atoms with Gasteiger partial charge in [0.05, 0.1) is 12.2 Å². The second-order valence-corrected chi connectivity index (χ2v) is 8.60. The van der Waals surface area contributed by atoms with Crippen LogP contribution in [0, 0.1) is 11.6 Å². The number of aromatic nitrogens is 1. The molecule has 0 atom stereocenters. The molecule has 2 amide bonds. The molecule has 1 heterocycles. The molecule has 0 saturated heterocycles. The summed E-state index contributed by atoms with van der Waals surface area (Å²) < 4.78 is 29.5. The van der Waals surface area contributed by atoms with E-state index in [-0.39, 0.29) is 17.8 Å². The summed E-state index contributed by atoms with van der Waals surface area (Å²) in [5.41, 5.74) is 1.93. The van der Waals surface area contributed by atoms with Gasteiger partial charge in [-0.25, -0.2) is 13.6 Å². The molecule has 1 aliphatic rings. The van der Waals surface area contributed by atoms with E-state index in [1.165, 1.54) is 6.07 Å². The molecular weight excluding hydrogens is 432 g/mol. The van der Waals surface area contributed by atoms with Crippen molar-refractivity contribution >= 4 is 23.3 Å². The number of hydrogen-bond donors (Lipinski definition) is 1. The maximum absolute atomic E-state index is 14.1. The quantitative estimate of drug-likeness (QED) is 0.432. The van der Waals surface area contributed by atoms with Gasteiger partial charge in [0.25, 0.3) is 0 Å². The molecular formula is C25H26ClF2N3O. The fourth-order valence-corrected chi connectivity index (χ4v) is 4.46. The van der Waals surface area contributed by atoms with Crippen molar-refractivity contribution in [2.24, 2.45) is 0 Å². The predicted molar refractivity (Wildman–Crippen MR) is 123 cm³/mol. The number of nitrogens with zero attached hydrogens (tertiary/aromatic N) is 2. The molecule has 7 heteroatoms. The van der Waals surface area contributed by atoms with Crippen molar-refractivity contribution in [3.8, 4) is 0 Å². The zero-order chi connectivity index (χ0) is 22.5. The summed E-state index contributed by atoms with van der Waals surface area (Å²) in [6.45, 7) is 0.978. The molecule has 0 unspecified atom stereocenters. The second-order valence-electron chi connectivity index (χ2n) is 8.19. The highest BCUT2D eigenvalue weighted by atomic mass is 35.5. The summed E-state index contributed by atoms with van der Waals surface area (Å²) in [6.07, 6.45) is 7.05. The lowest BCUT2D eigenvalue weighted by atomic mass is 9.94. The summed E-state index contributed by atoms with van der Waals surface area (Å²) in [7, 11) is 0. The molecule has 3 aromatic rings. The number of nitrogens with one attached hydrogen (secondary N) is 1. The van der Waals surface area contributed by atoms with Crippen LogP contribution < -0.4 is 5.32 Å². The normalized spacial score (nSPS) is 14.3. The van der Waals surface area contributed by atoms with E-state index < -0.39 is 11.6 Å². The van der Waals surface area contributed by atoms with Crippen LogP contribution in [0.2, 0.25) is 5.02 Å². The summed E-state index contributed by atoms with van der Waals surface area (Å²) in [5, 5.41) is 3.34. The zero-order valence-corrected chi connectivity index (χ0v) is 18.5. The van der Waals surface area contributed by atoms with E-state index in [0.717, 1.165) is 55.5 Å². The molecule has 1 aromatic heterocycles. The average molecular weight is 458 g/mol. The molecule has 4 nitrogen and oxygen atoms in total. The van der Waals surface area contributed by atoms with Gasteiger partial charge in [-0.1, -0.05) is 49.1 Å². The molecule has 2 aromatic carbocycles. The van der Waals surface area contributed by atoms with Crippen LogP contribution in [0.4, 0.5) is 19.3 Å². The molecule has 32 heavy (non-hydrogen) atoms. The lowest BCUT2D eigenvalue weighted by Crippen LogP contribution is -2.43. The van der Waals surface area contributed by atoms with Gasteiger partial charge in [0, 0.05) is 35.6 Å². The first kappa shape index (κ1) is 22.3. The first-order valence-electron chi connectivity index (χ1n) is 10.9. The van der Waals surface area contributed by atoms with Crippen molar-refractivity contribution in [3.05, 3.63) is 88.7 Å². The molecule has 1 fully saturated rings. The van der Waals surface area contributed by atoms with Gasteiger partial charge in [-0.3, -0.25) is 0 Å². The van der Waals surface area contributed by atoms with Gasteiger partial charge in [0.15, 0.2) is 0 Å². The van der Waals surface area contributed by atoms with E-state index in [4.69, 9.17) is 11.6 Å². The SMILES string of the molecule is O=C(Nc1ccc(F)cc1F)N(Cc1cccn1Cc1ccccc1Cl)C1CCCCC1. The number of carbonyl (C=O) groups is 1. The van der Waals surface area contributed by atoms with Crippen LogP contribution in [0.25, 0.3) is 0 Å². The van der Waals surface area contributed by atoms with Crippen molar-refractivity contribution in [3.63, 3.8) is 0 Å². The van der Waals surface area contributed by atoms with E-state index in [1.54, 1.807) is 4.90 Å². The van der Waals surface area contributed by atoms with Crippen LogP contribution in [0.15, 0.2) is 60.8 Å². The highest BCUT2D eigenvalue weighted by Gasteiger charge is 2.27. The Labute approximate surface area is 191 Å². The van der Waals surface area contributed by atoms with E-state index in [2.05, 4.69) is 9.88 Å². The molecule has 1 aliphatic carbocycles. The maximum atomic E-state index is 14.1. The van der Waals surface area contributed by atoms with Crippen molar-refractivity contribution in [1.82, 2.24) is 9.47 Å². The number of benzene rings is 2. The van der Waals surface area contributed by atoms with Gasteiger partial charge in [-0.15, -0.1) is 0 Å². The summed E-state index contributed by atoms with van der Waals surface area (Å²) in [6, 6.07) is 14.5. The highest BCUT2D eigenvalue weighted by molar-refractivity contribution is 6.31. The van der Waals surface area contributed by atoms with E-state index in [0.29, 0.717) is 18.1 Å². The number of halogens is 3. The molecule has 0 radical (unpaired) electrons. The number of rotatable bonds is 6. The van der Waals surface area contributed by atoms with Crippen molar-refractivity contribution in [2.45, 2.75) is 51.2 Å². The van der Waals surface area contributed by atoms with Crippen LogP contribution in [0.3, 0.4) is 0 Å². The molecule has 0 aliphatic heterocycles. The van der Waals surface area contributed by atoms with E-state index >= 15 is 0 Å². The Hall–Kier alpha value is -2.86. The number of carbonyl (C=O) groups excluding carboxylic acids is 1. The number of hydrogen-bond acceptors (Lipinski definition) is 1. The fraction of sp³-hybridized carbons (Fsp3) is 0.320. The largest absolute Gasteiger partial charge is 0.345 e. The van der Waals surface area contributed by atoms with E-state index in [9.17, 15) is 13.6 Å². The Bertz CT molecular complexity index is 1080. The lowest BCUT2D eigenvalue weighted by Gasteiger charge is -2.34. The predicted octanol–water partition coefficient (Wildman–Crippen LogP) is 6.83. The third kappa shape index (κ3) is 5.30. The number of anilines is 1. The third-order valence-corrected chi connectivity index (χ3v) is 6.37. The molecule has 168 valence electrons. The Balaban J connectivity index is 1.56. The highest BCUT2D eigenvalue weighted by Crippen LogP contribution is 2.26. The summed E-state index contributed by atoms with van der Waals surface area (Å²) in [4.78, 5) is 15.0. The topological polar surface area (TPSA) is 37.3 Å². The van der Waals surface area contributed by atoms with E-state index in [1.807, 2.05) is 42.6 Å². The minimum Gasteiger partial charge on any atom is -0.345 e. The van der Waals surface area contributed by atoms with Crippen LogP contribution in [-0.2, 0) is 13.1 Å². The molecule has 0 spiro atoms. The second kappa shape index (κ2) is 10.2. The zero-order valence-electron chi connectivity index (χ0n) is 17.7. The Morgan fingerprint density at radius 3 is 2.59 bits per heavy atom. The van der Waals surface area contributed by atoms with Crippen LogP contribution >= 0.6 is 11.6 Å². The smallest absolute Gasteiger partial charge is 0.322 e. The number of amides is 2. The standard InChI is InChI=1S/C25H26ClF2N3O/c26-22-11-5-4-7-18(22)16-30-14-6-10-21(30)17-31(20-8-2-1-3-9-20)25(32)29-24-13-12-19(27)15-23(24)28/h4-7,10-15,20H,1-3,8-9,16-17H2,(H,29,32). The molecule has 0 bridgehead atoms. The van der Waals surface area contributed by atoms with Gasteiger partial charge in [0.2, 0.25) is 0 Å². The average Bonchev–Trinajstić information content (AvgIpc) is 3.23. The first-order chi connectivity index (χ1) is 15.5. The molecule has 1 saturated carbocycles. The third-order valence-electron chi connectivity index (χ3n) is 6.00. The van der Waals surface area contributed by atoms with Gasteiger partial charge in [-0.2, -0.15) is 0 Å². The number of urea groups is 1. The van der Waals surface area contributed by atoms with Gasteiger partial charge < -0.3 is 14.8 Å². The lowest BCUT2D eigenvalue weighted by molar-refractivity contribution is 0.161. The minimum atomic E-state index is -0.788. The van der Waals surface area contributed by atoms with Gasteiger partial charge in [0.1, 0.15) is 11.6 Å². The molecule has 1 N–H and O–H groups in total. The first-order valence-corrected chi connectivity index (χ1v) is 11.3. The van der Waals surface area contributed by atoms with Crippen LogP contribution in [0.5, 0.6) is 0 Å². The van der Waals surface area contributed by atoms with Gasteiger partial charge >= 0.3 is 6.03 Å². The maximum Gasteiger partial charge on any atom is 0.322 e. The minimum absolute atomic E-state index is 0.0244. The van der Waals surface area contributed by atoms with Crippen LogP contribution in [-0.4, -0.2) is 21.5 Å². The summed E-state index contributed by atoms with van der Waals surface area (Å²) >= 11 is 6.34.